The third-order valence-corrected chi connectivity index (χ3v) is 8.50. The van der Waals surface area contributed by atoms with Crippen molar-refractivity contribution in [2.75, 3.05) is 44.3 Å². The highest BCUT2D eigenvalue weighted by Crippen LogP contribution is 2.25. The lowest BCUT2D eigenvalue weighted by molar-refractivity contribution is -0.686. The van der Waals surface area contributed by atoms with Gasteiger partial charge < -0.3 is 97.2 Å². The number of nitrogen functional groups attached to an aromatic ring is 2. The molecule has 0 unspecified atom stereocenters. The number of quaternary nitrogens is 2. The highest BCUT2D eigenvalue weighted by atomic mass is 79.9. The number of anilines is 2. The molecule has 4 rings (SSSR count). The summed E-state index contributed by atoms with van der Waals surface area (Å²) in [5.41, 5.74) is 20.3. The Balaban J connectivity index is 0. The topological polar surface area (TPSA) is 297 Å². The van der Waals surface area contributed by atoms with E-state index >= 15 is 0 Å². The van der Waals surface area contributed by atoms with Gasteiger partial charge in [0, 0.05) is 36.0 Å². The minimum absolute atomic E-state index is 0. The van der Waals surface area contributed by atoms with Crippen LogP contribution in [-0.2, 0) is 48.9 Å². The van der Waals surface area contributed by atoms with E-state index in [1.54, 1.807) is 28.5 Å². The van der Waals surface area contributed by atoms with Crippen molar-refractivity contribution in [3.05, 3.63) is 37.2 Å². The summed E-state index contributed by atoms with van der Waals surface area (Å²) < 4.78 is 84.0. The molecule has 21 nitrogen and oxygen atoms in total. The predicted octanol–water partition coefficient (Wildman–Crippen LogP) is -11.4. The van der Waals surface area contributed by atoms with Crippen LogP contribution in [0.1, 0.15) is 38.5 Å². The first kappa shape index (κ1) is 61.8. The van der Waals surface area contributed by atoms with E-state index in [0.717, 1.165) is 45.0 Å². The number of amides is 1. The van der Waals surface area contributed by atoms with Crippen LogP contribution in [0, 0.1) is 0 Å². The Kier molecular flexibility index (Phi) is 29.8. The van der Waals surface area contributed by atoms with Gasteiger partial charge in [-0.05, 0) is 19.3 Å². The zero-order chi connectivity index (χ0) is 44.3. The van der Waals surface area contributed by atoms with Gasteiger partial charge in [0.25, 0.3) is 0 Å². The number of aryl methyl sites for hydroxylation is 4. The number of hydrogen-bond donors (Lipinski definition) is 7. The van der Waals surface area contributed by atoms with E-state index in [4.69, 9.17) is 21.7 Å². The molecule has 4 aromatic rings. The number of nitrogens with one attached hydrogen (secondary N) is 1. The Bertz CT molecular complexity index is 1950. The first-order valence-electron chi connectivity index (χ1n) is 18.9. The summed E-state index contributed by atoms with van der Waals surface area (Å²) in [7, 11) is 0. The number of ketones is 1. The number of nitrogens with two attached hydrogens (primary N) is 2. The van der Waals surface area contributed by atoms with E-state index < -0.39 is 30.5 Å². The molecular weight excluding hydrogens is 1040 g/mol. The molecule has 13 N–H and O–H groups in total. The first-order valence-corrected chi connectivity index (χ1v) is 18.9. The van der Waals surface area contributed by atoms with Crippen LogP contribution < -0.4 is 96.2 Å². The number of halogens is 10. The normalized spacial score (nSPS) is 11.3. The van der Waals surface area contributed by atoms with Crippen LogP contribution in [0.5, 0.6) is 0 Å². The number of nitrogens with zero attached hydrogens (tertiary/aromatic N) is 12. The highest BCUT2D eigenvalue weighted by Gasteiger charge is 2.38. The standard InChI is InChI=1S/C19H24F6N8O3.C14H25N9O.2BrH.2ClH/c20-18(21,22)14(35)4-1-2-6-31-8-9-32(7-3-5-27-16(36)19(23,24)25)17(31)30-29-13-12-28-33(10-11-34)15(13)26;15-3-1-5-21-7-8-22(6-2-4-16)14(21)20-19-12-11-18-23(9-10-24)13(12)17;;;;/h8-9,12,26,34H,1-7,10-11H2,(H,27,36);7-8,11,17,24H,1-6,9-10,15-16H2;4*1H. The zero-order valence-electron chi connectivity index (χ0n) is 34.4. The van der Waals surface area contributed by atoms with Crippen molar-refractivity contribution in [2.45, 2.75) is 90.1 Å². The molecule has 1 amide bonds. The molecule has 4 heterocycles. The molecule has 31 heteroatoms. The molecule has 0 fully saturated rings. The van der Waals surface area contributed by atoms with E-state index in [2.05, 4.69) is 51.3 Å². The number of alkyl halides is 6. The van der Waals surface area contributed by atoms with Crippen molar-refractivity contribution in [3.63, 3.8) is 0 Å². The molecule has 4 aromatic heterocycles. The molecule has 0 aliphatic rings. The smallest absolute Gasteiger partial charge is 0.471 e. The van der Waals surface area contributed by atoms with Crippen LogP contribution in [0.15, 0.2) is 57.6 Å². The molecule has 0 atom stereocenters. The van der Waals surface area contributed by atoms with Crippen LogP contribution in [-0.4, -0.2) is 95.8 Å². The number of carbonyl (C=O) groups excluding carboxylic acids is 2. The summed E-state index contributed by atoms with van der Waals surface area (Å²) in [6, 6.07) is 0. The average Bonchev–Trinajstić information content (AvgIpc) is 3.97. The van der Waals surface area contributed by atoms with Crippen LogP contribution in [0.25, 0.3) is 0 Å². The number of hydrogen-bond acceptors (Lipinski definition) is 12. The lowest BCUT2D eigenvalue weighted by Gasteiger charge is -2.07. The molecule has 64 heavy (non-hydrogen) atoms. The first-order chi connectivity index (χ1) is 28.5. The number of Topliss-reactive ketones (excluding diaryl/α,β-unsaturated/α-hetero) is 1. The number of imidazole rings is 2. The third kappa shape index (κ3) is 19.5. The van der Waals surface area contributed by atoms with Gasteiger partial charge in [0.15, 0.2) is 23.0 Å². The van der Waals surface area contributed by atoms with Crippen molar-refractivity contribution >= 4 is 46.6 Å². The van der Waals surface area contributed by atoms with Crippen molar-refractivity contribution in [3.8, 4) is 0 Å². The van der Waals surface area contributed by atoms with Crippen LogP contribution in [0.4, 0.5) is 61.2 Å². The van der Waals surface area contributed by atoms with Gasteiger partial charge in [-0.1, -0.05) is 10.2 Å². The number of aromatic nitrogens is 8. The van der Waals surface area contributed by atoms with E-state index in [1.165, 1.54) is 20.1 Å². The van der Waals surface area contributed by atoms with E-state index in [9.17, 15) is 35.9 Å². The van der Waals surface area contributed by atoms with Gasteiger partial charge in [-0.15, -0.1) is 0 Å². The maximum Gasteiger partial charge on any atom is 0.471 e. The van der Waals surface area contributed by atoms with E-state index in [0.29, 0.717) is 18.1 Å². The number of carbonyl (C=O) groups is 2. The lowest BCUT2D eigenvalue weighted by Crippen LogP contribution is -3.00. The number of aliphatic hydroxyl groups is 2. The van der Waals surface area contributed by atoms with Gasteiger partial charge in [-0.2, -0.15) is 36.5 Å². The van der Waals surface area contributed by atoms with Gasteiger partial charge in [0.05, 0.1) is 103 Å². The number of unbranched alkanes of at least 4 members (excludes halogenated alkanes) is 1. The van der Waals surface area contributed by atoms with Gasteiger partial charge in [0.2, 0.25) is 5.78 Å². The minimum Gasteiger partial charge on any atom is -1.00 e. The molecule has 0 saturated carbocycles. The second-order valence-electron chi connectivity index (χ2n) is 13.0. The van der Waals surface area contributed by atoms with Gasteiger partial charge >= 0.3 is 30.2 Å². The maximum atomic E-state index is 12.4. The lowest BCUT2D eigenvalue weighted by atomic mass is 10.2. The molecule has 0 radical (unpaired) electrons. The Morgan fingerprint density at radius 3 is 1.56 bits per heavy atom. The Labute approximate surface area is 396 Å². The molecule has 0 aliphatic carbocycles. The molecular formula is C33H53Br2Cl2F6N17O4. The van der Waals surface area contributed by atoms with Crippen LogP contribution in [0.2, 0.25) is 0 Å². The average molecular weight is 1100 g/mol. The SMILES string of the molecule is Nc1c(N=Nc2n(CCCCC(=O)C(F)(F)F)cc[n+]2CCCNC(=O)C(F)(F)F)cnn1CCO.Nc1c(N=Nc2n(CCC[NH3+])cc[n+]2CCC[NH3+])cnn1CCO.[Br-].[Br-].[Cl-].[Cl-]. The summed E-state index contributed by atoms with van der Waals surface area (Å²) in [5.74, 6) is -2.39. The monoisotopic (exact) mass is 1090 g/mol. The largest absolute Gasteiger partial charge is 1.00 e. The Hall–Kier alpha value is -4.26. The zero-order valence-corrected chi connectivity index (χ0v) is 39.1. The highest BCUT2D eigenvalue weighted by molar-refractivity contribution is 5.83. The summed E-state index contributed by atoms with van der Waals surface area (Å²) in [6.45, 7) is 3.68. The maximum absolute atomic E-state index is 12.4. The summed E-state index contributed by atoms with van der Waals surface area (Å²) in [4.78, 5) is 22.0. The summed E-state index contributed by atoms with van der Waals surface area (Å²) >= 11 is 0. The van der Waals surface area contributed by atoms with Crippen LogP contribution >= 0.6 is 0 Å². The van der Waals surface area contributed by atoms with Crippen molar-refractivity contribution in [1.82, 2.24) is 34.0 Å². The number of rotatable bonds is 23. The molecule has 0 aliphatic heterocycles. The van der Waals surface area contributed by atoms with Crippen molar-refractivity contribution < 1.29 is 126 Å². The van der Waals surface area contributed by atoms with Crippen LogP contribution in [0.3, 0.4) is 0 Å². The third-order valence-electron chi connectivity index (χ3n) is 8.50. The fourth-order valence-corrected chi connectivity index (χ4v) is 5.34. The molecule has 0 aromatic carbocycles. The predicted molar refractivity (Wildman–Crippen MR) is 198 cm³/mol. The Morgan fingerprint density at radius 1 is 0.688 bits per heavy atom. The number of aliphatic hydroxyl groups excluding tert-OH is 2. The van der Waals surface area contributed by atoms with Crippen molar-refractivity contribution in [2.24, 2.45) is 20.5 Å². The Morgan fingerprint density at radius 2 is 1.14 bits per heavy atom. The molecule has 364 valence electrons. The quantitative estimate of drug-likeness (QED) is 0.0162. The van der Waals surface area contributed by atoms with Gasteiger partial charge in [-0.25, -0.2) is 27.6 Å². The van der Waals surface area contributed by atoms with Gasteiger partial charge in [0.1, 0.15) is 0 Å². The summed E-state index contributed by atoms with van der Waals surface area (Å²) in [6.07, 6.45) is 1.64. The minimum atomic E-state index is -5.00. The fourth-order valence-electron chi connectivity index (χ4n) is 5.34. The molecule has 0 spiro atoms. The van der Waals surface area contributed by atoms with Gasteiger partial charge in [-0.3, -0.25) is 9.59 Å². The second kappa shape index (κ2) is 30.8. The molecule has 0 saturated heterocycles. The molecule has 0 bridgehead atoms. The van der Waals surface area contributed by atoms with E-state index in [-0.39, 0.29) is 135 Å². The van der Waals surface area contributed by atoms with E-state index in [1.807, 2.05) is 12.4 Å². The van der Waals surface area contributed by atoms with Crippen molar-refractivity contribution in [1.29, 1.82) is 0 Å². The summed E-state index contributed by atoms with van der Waals surface area (Å²) in [5, 5.41) is 44.6. The fraction of sp³-hybridized carbons (Fsp3) is 0.576. The second-order valence-corrected chi connectivity index (χ2v) is 13.0. The number of azo groups is 2.